The second kappa shape index (κ2) is 8.37. The molecule has 154 valence electrons. The summed E-state index contributed by atoms with van der Waals surface area (Å²) in [4.78, 5) is 15.3. The highest BCUT2D eigenvalue weighted by atomic mass is 16.5. The lowest BCUT2D eigenvalue weighted by atomic mass is 10.0. The monoisotopic (exact) mass is 404 g/mol. The third-order valence-corrected chi connectivity index (χ3v) is 5.07. The number of benzene rings is 3. The van der Waals surface area contributed by atoms with Crippen molar-refractivity contribution in [1.82, 2.24) is 0 Å². The molecule has 0 bridgehead atoms. The van der Waals surface area contributed by atoms with Gasteiger partial charge in [0.15, 0.2) is 11.5 Å². The van der Waals surface area contributed by atoms with Gasteiger partial charge in [0.1, 0.15) is 11.9 Å². The number of rotatable bonds is 6. The van der Waals surface area contributed by atoms with Crippen LogP contribution >= 0.6 is 0 Å². The minimum absolute atomic E-state index is 0.105. The number of fused-ring (bicyclic) bond motifs is 1. The average Bonchev–Trinajstić information content (AvgIpc) is 2.79. The van der Waals surface area contributed by atoms with Gasteiger partial charge in [-0.1, -0.05) is 30.3 Å². The standard InChI is InChI=1S/C24H24N2O4/c1-4-30-21-14-8-12-19(22(21)29-3)23-25-20-13-6-5-11-18(20)24(27)26(23)16-9-7-10-17(15-16)28-2/h5-15,23,25H,4H2,1-3H3/t23-/m1/s1. The number of carbonyl (C=O) groups is 1. The number of carbonyl (C=O) groups excluding carboxylic acids is 1. The van der Waals surface area contributed by atoms with Crippen LogP contribution in [0.15, 0.2) is 66.7 Å². The molecule has 0 unspecified atom stereocenters. The lowest BCUT2D eigenvalue weighted by molar-refractivity contribution is 0.0974. The van der Waals surface area contributed by atoms with Gasteiger partial charge in [-0.3, -0.25) is 9.69 Å². The third kappa shape index (κ3) is 3.41. The fourth-order valence-electron chi connectivity index (χ4n) is 3.73. The normalized spacial score (nSPS) is 15.2. The van der Waals surface area contributed by atoms with Crippen LogP contribution in [0, 0.1) is 0 Å². The van der Waals surface area contributed by atoms with Crippen molar-refractivity contribution in [3.8, 4) is 17.2 Å². The Balaban J connectivity index is 1.90. The third-order valence-electron chi connectivity index (χ3n) is 5.07. The van der Waals surface area contributed by atoms with Gasteiger partial charge in [-0.15, -0.1) is 0 Å². The van der Waals surface area contributed by atoms with Crippen LogP contribution in [0.5, 0.6) is 17.2 Å². The van der Waals surface area contributed by atoms with Crippen molar-refractivity contribution in [2.45, 2.75) is 13.1 Å². The van der Waals surface area contributed by atoms with Gasteiger partial charge in [0.25, 0.3) is 5.91 Å². The molecule has 0 aromatic heterocycles. The minimum atomic E-state index is -0.491. The van der Waals surface area contributed by atoms with E-state index in [1.54, 1.807) is 19.1 Å². The average molecular weight is 404 g/mol. The predicted octanol–water partition coefficient (Wildman–Crippen LogP) is 4.87. The van der Waals surface area contributed by atoms with Crippen molar-refractivity contribution < 1.29 is 19.0 Å². The van der Waals surface area contributed by atoms with Gasteiger partial charge in [0.2, 0.25) is 0 Å². The number of hydrogen-bond donors (Lipinski definition) is 1. The van der Waals surface area contributed by atoms with E-state index >= 15 is 0 Å². The van der Waals surface area contributed by atoms with Gasteiger partial charge >= 0.3 is 0 Å². The first-order chi connectivity index (χ1) is 14.7. The van der Waals surface area contributed by atoms with E-state index in [-0.39, 0.29) is 5.91 Å². The Morgan fingerprint density at radius 1 is 0.967 bits per heavy atom. The van der Waals surface area contributed by atoms with Crippen LogP contribution in [0.2, 0.25) is 0 Å². The Labute approximate surface area is 176 Å². The summed E-state index contributed by atoms with van der Waals surface area (Å²) in [7, 11) is 3.21. The molecule has 1 heterocycles. The molecule has 6 nitrogen and oxygen atoms in total. The Kier molecular flexibility index (Phi) is 5.48. The summed E-state index contributed by atoms with van der Waals surface area (Å²) in [5, 5.41) is 3.50. The van der Waals surface area contributed by atoms with Crippen LogP contribution in [-0.4, -0.2) is 26.7 Å². The molecule has 30 heavy (non-hydrogen) atoms. The topological polar surface area (TPSA) is 60.0 Å². The number of anilines is 2. The van der Waals surface area contributed by atoms with E-state index in [0.717, 1.165) is 16.9 Å². The second-order valence-electron chi connectivity index (χ2n) is 6.78. The molecule has 1 N–H and O–H groups in total. The summed E-state index contributed by atoms with van der Waals surface area (Å²) in [6.45, 7) is 2.44. The van der Waals surface area contributed by atoms with E-state index in [1.807, 2.05) is 73.7 Å². The number of nitrogens with one attached hydrogen (secondary N) is 1. The van der Waals surface area contributed by atoms with Gasteiger partial charge in [-0.25, -0.2) is 0 Å². The quantitative estimate of drug-likeness (QED) is 0.635. The highest BCUT2D eigenvalue weighted by molar-refractivity contribution is 6.12. The van der Waals surface area contributed by atoms with Crippen LogP contribution in [0.1, 0.15) is 29.0 Å². The van der Waals surface area contributed by atoms with Crippen LogP contribution in [0.4, 0.5) is 11.4 Å². The Bertz CT molecular complexity index is 1070. The molecule has 0 saturated carbocycles. The first kappa shape index (κ1) is 19.6. The minimum Gasteiger partial charge on any atom is -0.497 e. The molecule has 0 spiro atoms. The zero-order valence-corrected chi connectivity index (χ0v) is 17.2. The molecular formula is C24H24N2O4. The Morgan fingerprint density at radius 2 is 1.77 bits per heavy atom. The van der Waals surface area contributed by atoms with Crippen LogP contribution in [0.25, 0.3) is 0 Å². The van der Waals surface area contributed by atoms with Gasteiger partial charge in [0, 0.05) is 17.3 Å². The Morgan fingerprint density at radius 3 is 2.53 bits per heavy atom. The first-order valence-corrected chi connectivity index (χ1v) is 9.80. The summed E-state index contributed by atoms with van der Waals surface area (Å²) < 4.78 is 16.8. The molecule has 0 saturated heterocycles. The number of nitrogens with zero attached hydrogens (tertiary/aromatic N) is 1. The SMILES string of the molecule is CCOc1cccc([C@@H]2Nc3ccccc3C(=O)N2c2cccc(OC)c2)c1OC. The van der Waals surface area contributed by atoms with E-state index in [2.05, 4.69) is 5.32 Å². The number of ether oxygens (including phenoxy) is 3. The van der Waals surface area contributed by atoms with Crippen molar-refractivity contribution in [1.29, 1.82) is 0 Å². The molecule has 0 aliphatic carbocycles. The van der Waals surface area contributed by atoms with Gasteiger partial charge in [-0.2, -0.15) is 0 Å². The molecule has 1 aliphatic heterocycles. The lowest BCUT2D eigenvalue weighted by Gasteiger charge is -2.38. The van der Waals surface area contributed by atoms with Gasteiger partial charge < -0.3 is 19.5 Å². The number of para-hydroxylation sites is 2. The van der Waals surface area contributed by atoms with Crippen molar-refractivity contribution in [3.05, 3.63) is 77.9 Å². The molecule has 1 atom stereocenters. The summed E-state index contributed by atoms with van der Waals surface area (Å²) in [6.07, 6.45) is -0.491. The van der Waals surface area contributed by atoms with Gasteiger partial charge in [0.05, 0.1) is 32.1 Å². The van der Waals surface area contributed by atoms with E-state index in [4.69, 9.17) is 14.2 Å². The lowest BCUT2D eigenvalue weighted by Crippen LogP contribution is -2.43. The maximum Gasteiger partial charge on any atom is 0.262 e. The molecule has 4 rings (SSSR count). The van der Waals surface area contributed by atoms with Crippen molar-refractivity contribution in [2.24, 2.45) is 0 Å². The van der Waals surface area contributed by atoms with E-state index in [9.17, 15) is 4.79 Å². The van der Waals surface area contributed by atoms with E-state index < -0.39 is 6.17 Å². The second-order valence-corrected chi connectivity index (χ2v) is 6.78. The van der Waals surface area contributed by atoms with Crippen molar-refractivity contribution in [2.75, 3.05) is 31.0 Å². The largest absolute Gasteiger partial charge is 0.497 e. The molecule has 0 fully saturated rings. The zero-order valence-electron chi connectivity index (χ0n) is 17.2. The van der Waals surface area contributed by atoms with Crippen molar-refractivity contribution in [3.63, 3.8) is 0 Å². The molecule has 1 amide bonds. The van der Waals surface area contributed by atoms with Crippen LogP contribution in [0.3, 0.4) is 0 Å². The van der Waals surface area contributed by atoms with E-state index in [1.165, 1.54) is 0 Å². The maximum atomic E-state index is 13.6. The molecule has 0 radical (unpaired) electrons. The Hall–Kier alpha value is -3.67. The number of hydrogen-bond acceptors (Lipinski definition) is 5. The van der Waals surface area contributed by atoms with Gasteiger partial charge in [-0.05, 0) is 37.3 Å². The molecule has 1 aliphatic rings. The zero-order chi connectivity index (χ0) is 21.1. The maximum absolute atomic E-state index is 13.6. The predicted molar refractivity (Wildman–Crippen MR) is 117 cm³/mol. The molecule has 3 aromatic carbocycles. The number of amides is 1. The van der Waals surface area contributed by atoms with Crippen LogP contribution < -0.4 is 24.4 Å². The number of methoxy groups -OCH3 is 2. The summed E-state index contributed by atoms with van der Waals surface area (Å²) in [6, 6.07) is 20.7. The fraction of sp³-hybridized carbons (Fsp3) is 0.208. The van der Waals surface area contributed by atoms with E-state index in [0.29, 0.717) is 29.4 Å². The first-order valence-electron chi connectivity index (χ1n) is 9.80. The fourth-order valence-corrected chi connectivity index (χ4v) is 3.73. The molecular weight excluding hydrogens is 380 g/mol. The van der Waals surface area contributed by atoms with Crippen LogP contribution in [-0.2, 0) is 0 Å². The highest BCUT2D eigenvalue weighted by Crippen LogP contribution is 2.43. The molecule has 3 aromatic rings. The summed E-state index contributed by atoms with van der Waals surface area (Å²) in [5.74, 6) is 1.80. The summed E-state index contributed by atoms with van der Waals surface area (Å²) in [5.41, 5.74) is 2.90. The highest BCUT2D eigenvalue weighted by Gasteiger charge is 2.36. The molecule has 6 heteroatoms. The van der Waals surface area contributed by atoms with Crippen molar-refractivity contribution >= 4 is 17.3 Å². The smallest absolute Gasteiger partial charge is 0.262 e. The summed E-state index contributed by atoms with van der Waals surface area (Å²) >= 11 is 0.